The summed E-state index contributed by atoms with van der Waals surface area (Å²) >= 11 is 0. The summed E-state index contributed by atoms with van der Waals surface area (Å²) in [6, 6.07) is 15.7. The number of imidazole rings is 1. The maximum atomic E-state index is 11.9. The van der Waals surface area contributed by atoms with Gasteiger partial charge in [0.15, 0.2) is 5.82 Å². The maximum absolute atomic E-state index is 11.9. The van der Waals surface area contributed by atoms with Gasteiger partial charge in [-0.2, -0.15) is 0 Å². The molecule has 0 aliphatic rings. The molecular formula is C24H27N5O3. The van der Waals surface area contributed by atoms with Gasteiger partial charge in [-0.15, -0.1) is 0 Å². The number of aliphatic hydroxyl groups is 1. The van der Waals surface area contributed by atoms with Gasteiger partial charge in [-0.05, 0) is 38.0 Å². The Morgan fingerprint density at radius 1 is 1.09 bits per heavy atom. The lowest BCUT2D eigenvalue weighted by atomic mass is 10.1. The maximum Gasteiger partial charge on any atom is 0.407 e. The Bertz CT molecular complexity index is 1270. The summed E-state index contributed by atoms with van der Waals surface area (Å²) in [5.41, 5.74) is 9.83. The molecule has 4 aromatic rings. The van der Waals surface area contributed by atoms with Crippen LogP contribution in [0.2, 0.25) is 0 Å². The van der Waals surface area contributed by atoms with Crippen LogP contribution < -0.4 is 11.1 Å². The first-order valence-electron chi connectivity index (χ1n) is 10.4. The molecule has 0 spiro atoms. The van der Waals surface area contributed by atoms with Crippen molar-refractivity contribution < 1.29 is 14.6 Å². The molecule has 0 radical (unpaired) electrons. The van der Waals surface area contributed by atoms with Crippen LogP contribution in [0.1, 0.15) is 37.7 Å². The van der Waals surface area contributed by atoms with Crippen molar-refractivity contribution in [1.82, 2.24) is 19.9 Å². The second-order valence-electron chi connectivity index (χ2n) is 8.66. The van der Waals surface area contributed by atoms with E-state index in [2.05, 4.69) is 15.3 Å². The van der Waals surface area contributed by atoms with E-state index in [9.17, 15) is 9.90 Å². The van der Waals surface area contributed by atoms with Gasteiger partial charge in [-0.1, -0.05) is 42.5 Å². The molecule has 0 bridgehead atoms. The van der Waals surface area contributed by atoms with E-state index in [1.807, 2.05) is 73.9 Å². The van der Waals surface area contributed by atoms with E-state index in [0.29, 0.717) is 30.2 Å². The highest BCUT2D eigenvalue weighted by Gasteiger charge is 2.18. The molecule has 0 saturated carbocycles. The van der Waals surface area contributed by atoms with E-state index in [4.69, 9.17) is 10.5 Å². The van der Waals surface area contributed by atoms with Crippen molar-refractivity contribution in [2.45, 2.75) is 46.1 Å². The van der Waals surface area contributed by atoms with Crippen LogP contribution in [-0.2, 0) is 24.4 Å². The number of anilines is 1. The highest BCUT2D eigenvalue weighted by atomic mass is 16.6. The van der Waals surface area contributed by atoms with Gasteiger partial charge in [0.05, 0.1) is 11.0 Å². The molecule has 32 heavy (non-hydrogen) atoms. The molecule has 2 heterocycles. The number of aliphatic hydroxyl groups excluding tert-OH is 1. The number of nitrogens with zero attached hydrogens (tertiary/aromatic N) is 3. The lowest BCUT2D eigenvalue weighted by Gasteiger charge is -2.19. The zero-order valence-electron chi connectivity index (χ0n) is 18.4. The van der Waals surface area contributed by atoms with Crippen molar-refractivity contribution in [3.05, 3.63) is 65.5 Å². The monoisotopic (exact) mass is 433 g/mol. The number of para-hydroxylation sites is 1. The largest absolute Gasteiger partial charge is 0.444 e. The minimum absolute atomic E-state index is 0.208. The summed E-state index contributed by atoms with van der Waals surface area (Å²) in [6.45, 7) is 6.16. The zero-order chi connectivity index (χ0) is 22.9. The fourth-order valence-corrected chi connectivity index (χ4v) is 3.63. The topological polar surface area (TPSA) is 115 Å². The van der Waals surface area contributed by atoms with E-state index in [1.165, 1.54) is 0 Å². The molecule has 0 saturated heterocycles. The number of benzene rings is 2. The number of ether oxygens (including phenoxy) is 1. The van der Waals surface area contributed by atoms with Crippen molar-refractivity contribution in [2.24, 2.45) is 0 Å². The zero-order valence-corrected chi connectivity index (χ0v) is 18.4. The molecule has 166 valence electrons. The number of rotatable bonds is 5. The standard InChI is InChI=1S/C24H27N5O3/c1-24(2,3)32-23(31)26-12-15-8-10-16(11-9-15)13-29-19(14-30)28-20-21(29)17-6-4-5-7-18(17)27-22(20)25/h4-11,30H,12-14H2,1-3H3,(H2,25,27)(H,26,31). The predicted molar refractivity (Wildman–Crippen MR) is 124 cm³/mol. The first kappa shape index (κ1) is 21.6. The SMILES string of the molecule is CC(C)(C)OC(=O)NCc1ccc(Cn2c(CO)nc3c(N)nc4ccccc4c32)cc1. The smallest absolute Gasteiger partial charge is 0.407 e. The van der Waals surface area contributed by atoms with Gasteiger partial charge in [0, 0.05) is 18.5 Å². The number of nitrogen functional groups attached to an aromatic ring is 1. The minimum Gasteiger partial charge on any atom is -0.444 e. The number of aromatic nitrogens is 3. The molecule has 1 amide bonds. The third-order valence-corrected chi connectivity index (χ3v) is 5.03. The van der Waals surface area contributed by atoms with E-state index < -0.39 is 11.7 Å². The number of amides is 1. The summed E-state index contributed by atoms with van der Waals surface area (Å²) < 4.78 is 7.24. The van der Waals surface area contributed by atoms with E-state index >= 15 is 0 Å². The van der Waals surface area contributed by atoms with Crippen LogP contribution in [-0.4, -0.2) is 31.3 Å². The van der Waals surface area contributed by atoms with E-state index in [1.54, 1.807) is 0 Å². The van der Waals surface area contributed by atoms with E-state index in [-0.39, 0.29) is 6.61 Å². The average Bonchev–Trinajstić information content (AvgIpc) is 3.11. The minimum atomic E-state index is -0.533. The van der Waals surface area contributed by atoms with Gasteiger partial charge < -0.3 is 25.5 Å². The molecular weight excluding hydrogens is 406 g/mol. The molecule has 2 aromatic heterocycles. The molecule has 0 atom stereocenters. The summed E-state index contributed by atoms with van der Waals surface area (Å²) in [5, 5.41) is 13.6. The third kappa shape index (κ3) is 4.50. The Kier molecular flexibility index (Phi) is 5.71. The molecule has 4 rings (SSSR count). The van der Waals surface area contributed by atoms with Crippen LogP contribution in [0.25, 0.3) is 21.9 Å². The third-order valence-electron chi connectivity index (χ3n) is 5.03. The molecule has 0 fully saturated rings. The number of carbonyl (C=O) groups is 1. The van der Waals surface area contributed by atoms with Gasteiger partial charge in [0.1, 0.15) is 23.5 Å². The quantitative estimate of drug-likeness (QED) is 0.442. The number of nitrogens with two attached hydrogens (primary N) is 1. The molecule has 0 aliphatic carbocycles. The van der Waals surface area contributed by atoms with Gasteiger partial charge >= 0.3 is 6.09 Å². The van der Waals surface area contributed by atoms with Crippen molar-refractivity contribution in [2.75, 3.05) is 5.73 Å². The highest BCUT2D eigenvalue weighted by Crippen LogP contribution is 2.29. The number of pyridine rings is 1. The first-order chi connectivity index (χ1) is 15.2. The predicted octanol–water partition coefficient (Wildman–Crippen LogP) is 3.73. The molecule has 8 heteroatoms. The number of hydrogen-bond acceptors (Lipinski definition) is 6. The normalized spacial score (nSPS) is 11.8. The second kappa shape index (κ2) is 8.47. The van der Waals surface area contributed by atoms with Crippen molar-refractivity contribution in [3.63, 3.8) is 0 Å². The van der Waals surface area contributed by atoms with Crippen LogP contribution >= 0.6 is 0 Å². The van der Waals surface area contributed by atoms with Crippen molar-refractivity contribution in [3.8, 4) is 0 Å². The average molecular weight is 434 g/mol. The Hall–Kier alpha value is -3.65. The molecule has 0 aliphatic heterocycles. The first-order valence-corrected chi connectivity index (χ1v) is 10.4. The number of carbonyl (C=O) groups excluding carboxylic acids is 1. The molecule has 0 unspecified atom stereocenters. The van der Waals surface area contributed by atoms with Crippen LogP contribution in [0, 0.1) is 0 Å². The van der Waals surface area contributed by atoms with Gasteiger partial charge in [0.2, 0.25) is 0 Å². The highest BCUT2D eigenvalue weighted by molar-refractivity contribution is 6.06. The Labute approximate surface area is 186 Å². The molecule has 8 nitrogen and oxygen atoms in total. The number of alkyl carbamates (subject to hydrolysis) is 1. The van der Waals surface area contributed by atoms with Crippen LogP contribution in [0.3, 0.4) is 0 Å². The summed E-state index contributed by atoms with van der Waals surface area (Å²) in [6.07, 6.45) is -0.447. The molecule has 2 aromatic carbocycles. The number of fused-ring (bicyclic) bond motifs is 3. The Balaban J connectivity index is 1.59. The van der Waals surface area contributed by atoms with Crippen LogP contribution in [0.4, 0.5) is 10.6 Å². The Morgan fingerprint density at radius 2 is 1.78 bits per heavy atom. The van der Waals surface area contributed by atoms with Crippen molar-refractivity contribution >= 4 is 33.8 Å². The molecule has 4 N–H and O–H groups in total. The van der Waals surface area contributed by atoms with E-state index in [0.717, 1.165) is 27.5 Å². The summed E-state index contributed by atoms with van der Waals surface area (Å²) in [4.78, 5) is 20.8. The number of hydrogen-bond donors (Lipinski definition) is 3. The number of nitrogens with one attached hydrogen (secondary N) is 1. The van der Waals surface area contributed by atoms with Gasteiger partial charge in [0.25, 0.3) is 0 Å². The Morgan fingerprint density at radius 3 is 2.47 bits per heavy atom. The van der Waals surface area contributed by atoms with Gasteiger partial charge in [-0.3, -0.25) is 0 Å². The van der Waals surface area contributed by atoms with Crippen LogP contribution in [0.5, 0.6) is 0 Å². The van der Waals surface area contributed by atoms with Gasteiger partial charge in [-0.25, -0.2) is 14.8 Å². The fraction of sp³-hybridized carbons (Fsp3) is 0.292. The lowest BCUT2D eigenvalue weighted by Crippen LogP contribution is -2.32. The lowest BCUT2D eigenvalue weighted by molar-refractivity contribution is 0.0523. The van der Waals surface area contributed by atoms with Crippen LogP contribution in [0.15, 0.2) is 48.5 Å². The summed E-state index contributed by atoms with van der Waals surface area (Å²) in [5.74, 6) is 0.872. The fourth-order valence-electron chi connectivity index (χ4n) is 3.63. The summed E-state index contributed by atoms with van der Waals surface area (Å²) in [7, 11) is 0. The van der Waals surface area contributed by atoms with Crippen molar-refractivity contribution in [1.29, 1.82) is 0 Å². The second-order valence-corrected chi connectivity index (χ2v) is 8.66.